The molecule has 0 aromatic heterocycles. The molecular formula is C29H37NO6. The molecule has 6 atom stereocenters. The first-order valence-corrected chi connectivity index (χ1v) is 13.1. The molecule has 3 aliphatic rings. The minimum atomic E-state index is -0.793. The normalized spacial score (nSPS) is 30.1. The van der Waals surface area contributed by atoms with Gasteiger partial charge in [0.25, 0.3) is 0 Å². The summed E-state index contributed by atoms with van der Waals surface area (Å²) in [5.74, 6) is 1.24. The number of methoxy groups -OCH3 is 2. The van der Waals surface area contributed by atoms with E-state index in [0.29, 0.717) is 19.3 Å². The highest BCUT2D eigenvalue weighted by atomic mass is 16.5. The fourth-order valence-electron chi connectivity index (χ4n) is 6.61. The van der Waals surface area contributed by atoms with Gasteiger partial charge < -0.3 is 24.4 Å². The number of carbonyl (C=O) groups excluding carboxylic acids is 1. The number of aryl methyl sites for hydroxylation is 1. The highest BCUT2D eigenvalue weighted by Gasteiger charge is 2.47. The van der Waals surface area contributed by atoms with Crippen molar-refractivity contribution in [3.8, 4) is 22.6 Å². The molecule has 2 aromatic carbocycles. The van der Waals surface area contributed by atoms with E-state index in [1.165, 1.54) is 6.92 Å². The maximum atomic E-state index is 12.0. The first-order valence-electron chi connectivity index (χ1n) is 13.1. The maximum absolute atomic E-state index is 12.0. The van der Waals surface area contributed by atoms with Crippen LogP contribution in [-0.2, 0) is 16.0 Å². The van der Waals surface area contributed by atoms with Crippen LogP contribution in [0.15, 0.2) is 36.4 Å². The zero-order valence-corrected chi connectivity index (χ0v) is 21.4. The van der Waals surface area contributed by atoms with Crippen molar-refractivity contribution in [3.63, 3.8) is 0 Å². The van der Waals surface area contributed by atoms with E-state index in [-0.39, 0.29) is 30.2 Å². The van der Waals surface area contributed by atoms with Crippen molar-refractivity contribution >= 4 is 5.97 Å². The van der Waals surface area contributed by atoms with Crippen molar-refractivity contribution in [2.24, 2.45) is 0 Å². The molecule has 0 amide bonds. The number of benzene rings is 2. The number of rotatable bonds is 3. The predicted octanol–water partition coefficient (Wildman–Crippen LogP) is 4.03. The summed E-state index contributed by atoms with van der Waals surface area (Å²) in [6, 6.07) is 12.3. The Balaban J connectivity index is 1.68. The molecule has 3 aliphatic heterocycles. The Kier molecular flexibility index (Phi) is 7.24. The third-order valence-electron chi connectivity index (χ3n) is 8.24. The van der Waals surface area contributed by atoms with Gasteiger partial charge >= 0.3 is 5.97 Å². The highest BCUT2D eigenvalue weighted by Crippen LogP contribution is 2.46. The minimum absolute atomic E-state index is 0.0729. The van der Waals surface area contributed by atoms with Crippen LogP contribution in [0.2, 0.25) is 0 Å². The van der Waals surface area contributed by atoms with Crippen LogP contribution < -0.4 is 9.47 Å². The van der Waals surface area contributed by atoms with Crippen LogP contribution in [0.4, 0.5) is 0 Å². The second-order valence-corrected chi connectivity index (χ2v) is 10.4. The number of fused-ring (bicyclic) bond motifs is 6. The van der Waals surface area contributed by atoms with Gasteiger partial charge in [-0.1, -0.05) is 18.6 Å². The molecule has 194 valence electrons. The van der Waals surface area contributed by atoms with Crippen molar-refractivity contribution in [2.75, 3.05) is 14.2 Å². The fraction of sp³-hybridized carbons (Fsp3) is 0.552. The van der Waals surface area contributed by atoms with Gasteiger partial charge in [-0.3, -0.25) is 9.69 Å². The Morgan fingerprint density at radius 3 is 2.39 bits per heavy atom. The van der Waals surface area contributed by atoms with Crippen molar-refractivity contribution in [1.82, 2.24) is 4.90 Å². The van der Waals surface area contributed by atoms with E-state index in [9.17, 15) is 15.0 Å². The third kappa shape index (κ3) is 4.72. The lowest BCUT2D eigenvalue weighted by atomic mass is 9.78. The van der Waals surface area contributed by atoms with Crippen LogP contribution in [0.25, 0.3) is 11.1 Å². The number of nitrogens with zero attached hydrogens (tertiary/aromatic N) is 1. The molecule has 2 saturated heterocycles. The fourth-order valence-corrected chi connectivity index (χ4v) is 6.61. The molecule has 0 unspecified atom stereocenters. The minimum Gasteiger partial charge on any atom is -0.496 e. The summed E-state index contributed by atoms with van der Waals surface area (Å²) in [7, 11) is 3.34. The molecule has 7 nitrogen and oxygen atoms in total. The number of hydrogen-bond donors (Lipinski definition) is 2. The number of carbonyl (C=O) groups is 1. The second kappa shape index (κ2) is 10.4. The molecule has 0 aliphatic carbocycles. The lowest BCUT2D eigenvalue weighted by molar-refractivity contribution is -0.152. The number of hydrogen-bond acceptors (Lipinski definition) is 7. The molecular weight excluding hydrogens is 458 g/mol. The van der Waals surface area contributed by atoms with Crippen LogP contribution >= 0.6 is 0 Å². The molecule has 7 heteroatoms. The molecule has 2 aromatic rings. The average molecular weight is 496 g/mol. The average Bonchev–Trinajstić information content (AvgIpc) is 2.88. The molecule has 3 heterocycles. The van der Waals surface area contributed by atoms with Crippen molar-refractivity contribution in [1.29, 1.82) is 0 Å². The summed E-state index contributed by atoms with van der Waals surface area (Å²) >= 11 is 0. The Morgan fingerprint density at radius 1 is 0.944 bits per heavy atom. The first kappa shape index (κ1) is 25.1. The SMILES string of the molecule is COc1ccc2cc1-c1cc(ccc1OC)[C@H]1C[C@@H](O)[C@@H](O)[C@@H]3CCC[C@H](C[C@H](OC(C)=O)CC2)N13. The number of esters is 1. The summed E-state index contributed by atoms with van der Waals surface area (Å²) in [6.45, 7) is 1.47. The van der Waals surface area contributed by atoms with Gasteiger partial charge in [0, 0.05) is 36.2 Å². The standard InChI is InChI=1S/C29H37NO6/c1-17(31)36-21-10-7-18-8-11-27(34-2)22(13-18)23-14-19(9-12-28(23)35-3)25-16-26(32)29(33)24-6-4-5-20(15-21)30(24)25/h8-9,11-14,20-21,24-26,29,32-33H,4-7,10,15-16H2,1-3H3/t20-,21-,24+,25-,26-,29+/m1/s1. The lowest BCUT2D eigenvalue weighted by Gasteiger charge is -2.53. The Hall–Kier alpha value is -2.61. The van der Waals surface area contributed by atoms with Crippen molar-refractivity contribution < 1.29 is 29.2 Å². The topological polar surface area (TPSA) is 88.5 Å². The van der Waals surface area contributed by atoms with Gasteiger partial charge in [0.1, 0.15) is 17.6 Å². The van der Waals surface area contributed by atoms with E-state index < -0.39 is 12.2 Å². The third-order valence-corrected chi connectivity index (χ3v) is 8.24. The Labute approximate surface area is 213 Å². The van der Waals surface area contributed by atoms with E-state index in [2.05, 4.69) is 29.2 Å². The maximum Gasteiger partial charge on any atom is 0.302 e. The van der Waals surface area contributed by atoms with E-state index in [4.69, 9.17) is 14.2 Å². The quantitative estimate of drug-likeness (QED) is 0.622. The van der Waals surface area contributed by atoms with Crippen molar-refractivity contribution in [2.45, 2.75) is 88.3 Å². The van der Waals surface area contributed by atoms with Crippen LogP contribution in [0, 0.1) is 0 Å². The molecule has 5 rings (SSSR count). The molecule has 2 fully saturated rings. The van der Waals surface area contributed by atoms with E-state index in [0.717, 1.165) is 59.4 Å². The van der Waals surface area contributed by atoms with E-state index in [1.54, 1.807) is 14.2 Å². The van der Waals surface area contributed by atoms with Gasteiger partial charge in [-0.15, -0.1) is 0 Å². The summed E-state index contributed by atoms with van der Waals surface area (Å²) in [5, 5.41) is 21.9. The number of ether oxygens (including phenoxy) is 3. The monoisotopic (exact) mass is 495 g/mol. The number of aliphatic hydroxyl groups is 2. The van der Waals surface area contributed by atoms with Crippen LogP contribution in [0.3, 0.4) is 0 Å². The van der Waals surface area contributed by atoms with E-state index >= 15 is 0 Å². The van der Waals surface area contributed by atoms with E-state index in [1.807, 2.05) is 12.1 Å². The van der Waals surface area contributed by atoms with Crippen LogP contribution in [0.5, 0.6) is 11.5 Å². The van der Waals surface area contributed by atoms with Gasteiger partial charge in [0.2, 0.25) is 0 Å². The van der Waals surface area contributed by atoms with Gasteiger partial charge in [0.05, 0.1) is 26.4 Å². The zero-order chi connectivity index (χ0) is 25.4. The number of aliphatic hydroxyl groups excluding tert-OH is 2. The Bertz CT molecular complexity index is 1100. The lowest BCUT2D eigenvalue weighted by Crippen LogP contribution is -2.61. The molecule has 4 bridgehead atoms. The summed E-state index contributed by atoms with van der Waals surface area (Å²) in [5.41, 5.74) is 4.10. The van der Waals surface area contributed by atoms with Gasteiger partial charge in [0.15, 0.2) is 0 Å². The summed E-state index contributed by atoms with van der Waals surface area (Å²) in [6.07, 6.45) is 3.60. The first-order chi connectivity index (χ1) is 17.4. The molecule has 2 N–H and O–H groups in total. The smallest absolute Gasteiger partial charge is 0.302 e. The van der Waals surface area contributed by atoms with Crippen LogP contribution in [-0.4, -0.2) is 65.7 Å². The summed E-state index contributed by atoms with van der Waals surface area (Å²) in [4.78, 5) is 14.4. The van der Waals surface area contributed by atoms with Gasteiger partial charge in [-0.25, -0.2) is 0 Å². The molecule has 0 saturated carbocycles. The summed E-state index contributed by atoms with van der Waals surface area (Å²) < 4.78 is 17.3. The van der Waals surface area contributed by atoms with Gasteiger partial charge in [-0.05, 0) is 73.9 Å². The second-order valence-electron chi connectivity index (χ2n) is 10.4. The van der Waals surface area contributed by atoms with Crippen LogP contribution in [0.1, 0.15) is 62.6 Å². The Morgan fingerprint density at radius 2 is 1.67 bits per heavy atom. The molecule has 36 heavy (non-hydrogen) atoms. The predicted molar refractivity (Wildman–Crippen MR) is 136 cm³/mol. The zero-order valence-electron chi connectivity index (χ0n) is 21.4. The largest absolute Gasteiger partial charge is 0.496 e. The molecule has 0 radical (unpaired) electrons. The molecule has 0 spiro atoms. The van der Waals surface area contributed by atoms with Crippen molar-refractivity contribution in [3.05, 3.63) is 47.5 Å². The highest BCUT2D eigenvalue weighted by molar-refractivity contribution is 5.77. The number of piperidine rings is 2. The van der Waals surface area contributed by atoms with Gasteiger partial charge in [-0.2, -0.15) is 0 Å².